The van der Waals surface area contributed by atoms with Crippen LogP contribution in [0.3, 0.4) is 0 Å². The van der Waals surface area contributed by atoms with Crippen LogP contribution in [-0.4, -0.2) is 37.1 Å². The molecule has 5 heteroatoms. The van der Waals surface area contributed by atoms with Crippen molar-refractivity contribution in [3.63, 3.8) is 0 Å². The van der Waals surface area contributed by atoms with Crippen molar-refractivity contribution in [2.45, 2.75) is 97.1 Å². The fourth-order valence-corrected chi connectivity index (χ4v) is 3.90. The number of ether oxygens (including phenoxy) is 1. The first-order valence-electron chi connectivity index (χ1n) is 12.5. The summed E-state index contributed by atoms with van der Waals surface area (Å²) in [5, 5.41) is 14.9. The van der Waals surface area contributed by atoms with Gasteiger partial charge in [0.05, 0.1) is 12.8 Å². The molecule has 0 aromatic heterocycles. The van der Waals surface area contributed by atoms with E-state index in [9.17, 15) is 4.79 Å². The van der Waals surface area contributed by atoms with Crippen LogP contribution in [0, 0.1) is 5.92 Å². The van der Waals surface area contributed by atoms with Crippen molar-refractivity contribution in [3.8, 4) is 0 Å². The van der Waals surface area contributed by atoms with Gasteiger partial charge >= 0.3 is 6.09 Å². The molecular weight excluding hydrogens is 388 g/mol. The molecule has 1 aromatic carbocycles. The molecule has 0 radical (unpaired) electrons. The van der Waals surface area contributed by atoms with Gasteiger partial charge in [-0.15, -0.1) is 0 Å². The van der Waals surface area contributed by atoms with Crippen LogP contribution in [0.2, 0.25) is 0 Å². The third-order valence-corrected chi connectivity index (χ3v) is 5.70. The summed E-state index contributed by atoms with van der Waals surface area (Å²) in [5.74, 6) is 0.536. The second kappa shape index (κ2) is 19.1. The average molecular weight is 435 g/mol. The zero-order chi connectivity index (χ0) is 22.6. The molecule has 3 N–H and O–H groups in total. The van der Waals surface area contributed by atoms with E-state index in [0.717, 1.165) is 13.0 Å². The first-order valence-corrected chi connectivity index (χ1v) is 12.5. The first kappa shape index (κ1) is 27.4. The maximum Gasteiger partial charge on any atom is 0.408 e. The lowest BCUT2D eigenvalue weighted by Crippen LogP contribution is -2.45. The second-order valence-electron chi connectivity index (χ2n) is 8.66. The quantitative estimate of drug-likeness (QED) is 0.190. The summed E-state index contributed by atoms with van der Waals surface area (Å²) >= 11 is 0. The molecule has 31 heavy (non-hydrogen) atoms. The molecule has 0 aliphatic carbocycles. The van der Waals surface area contributed by atoms with Gasteiger partial charge in [-0.1, -0.05) is 101 Å². The standard InChI is InChI=1S/C26H46N2O3/c1-3-4-5-6-7-8-9-10-11-13-18-25(21-24-16-14-12-15-17-24)22-27-23(2)28-26(30)31-20-19-29/h12,14-17,23,25,27,29H,3-11,13,18-22H2,1-2H3,(H,28,30). The van der Waals surface area contributed by atoms with E-state index >= 15 is 0 Å². The van der Waals surface area contributed by atoms with Crippen LogP contribution in [0.5, 0.6) is 0 Å². The Labute approximate surface area is 190 Å². The number of aliphatic hydroxyl groups excluding tert-OH is 1. The molecule has 0 fully saturated rings. The normalized spacial score (nSPS) is 13.0. The highest BCUT2D eigenvalue weighted by molar-refractivity contribution is 5.67. The fourth-order valence-electron chi connectivity index (χ4n) is 3.90. The van der Waals surface area contributed by atoms with Gasteiger partial charge in [-0.25, -0.2) is 4.79 Å². The second-order valence-corrected chi connectivity index (χ2v) is 8.66. The van der Waals surface area contributed by atoms with Gasteiger partial charge in [-0.2, -0.15) is 0 Å². The van der Waals surface area contributed by atoms with Crippen molar-refractivity contribution in [2.24, 2.45) is 5.92 Å². The van der Waals surface area contributed by atoms with Crippen LogP contribution in [0.4, 0.5) is 4.79 Å². The topological polar surface area (TPSA) is 70.6 Å². The number of aliphatic hydroxyl groups is 1. The molecule has 0 bridgehead atoms. The van der Waals surface area contributed by atoms with E-state index in [4.69, 9.17) is 9.84 Å². The molecule has 0 aliphatic heterocycles. The summed E-state index contributed by atoms with van der Waals surface area (Å²) in [6, 6.07) is 10.6. The van der Waals surface area contributed by atoms with Crippen LogP contribution in [0.15, 0.2) is 30.3 Å². The highest BCUT2D eigenvalue weighted by Crippen LogP contribution is 2.17. The summed E-state index contributed by atoms with van der Waals surface area (Å²) in [6.07, 6.45) is 15.1. The zero-order valence-corrected chi connectivity index (χ0v) is 19.9. The zero-order valence-electron chi connectivity index (χ0n) is 19.9. The number of benzene rings is 1. The predicted molar refractivity (Wildman–Crippen MR) is 129 cm³/mol. The average Bonchev–Trinajstić information content (AvgIpc) is 2.77. The Balaban J connectivity index is 2.28. The highest BCUT2D eigenvalue weighted by Gasteiger charge is 2.13. The number of alkyl carbamates (subject to hydrolysis) is 1. The largest absolute Gasteiger partial charge is 0.447 e. The van der Waals surface area contributed by atoms with Crippen molar-refractivity contribution >= 4 is 6.09 Å². The molecule has 0 saturated carbocycles. The molecule has 178 valence electrons. The van der Waals surface area contributed by atoms with Gasteiger partial charge in [0.1, 0.15) is 6.61 Å². The lowest BCUT2D eigenvalue weighted by atomic mass is 9.93. The third-order valence-electron chi connectivity index (χ3n) is 5.70. The molecule has 1 aromatic rings. The van der Waals surface area contributed by atoms with Crippen LogP contribution in [-0.2, 0) is 11.2 Å². The van der Waals surface area contributed by atoms with E-state index in [1.807, 2.05) is 6.92 Å². The smallest absolute Gasteiger partial charge is 0.408 e. The van der Waals surface area contributed by atoms with Crippen LogP contribution < -0.4 is 10.6 Å². The Morgan fingerprint density at radius 3 is 2.19 bits per heavy atom. The number of carbonyl (C=O) groups is 1. The molecule has 0 aliphatic rings. The maximum absolute atomic E-state index is 11.6. The van der Waals surface area contributed by atoms with Gasteiger partial charge in [0.15, 0.2) is 0 Å². The summed E-state index contributed by atoms with van der Waals surface area (Å²) < 4.78 is 4.86. The minimum atomic E-state index is -0.497. The Bertz CT molecular complexity index is 539. The number of amides is 1. The van der Waals surface area contributed by atoms with Gasteiger partial charge in [0, 0.05) is 6.54 Å². The summed E-state index contributed by atoms with van der Waals surface area (Å²) in [6.45, 7) is 4.90. The van der Waals surface area contributed by atoms with Gasteiger partial charge in [0.25, 0.3) is 0 Å². The maximum atomic E-state index is 11.6. The molecule has 0 spiro atoms. The molecule has 1 amide bonds. The monoisotopic (exact) mass is 434 g/mol. The minimum Gasteiger partial charge on any atom is -0.447 e. The van der Waals surface area contributed by atoms with Gasteiger partial charge in [-0.05, 0) is 31.2 Å². The Morgan fingerprint density at radius 2 is 1.58 bits per heavy atom. The number of unbranched alkanes of at least 4 members (excludes halogenated alkanes) is 9. The molecule has 2 unspecified atom stereocenters. The molecule has 1 rings (SSSR count). The SMILES string of the molecule is CCCCCCCCCCCCC(CNC(C)NC(=O)OCCO)Cc1ccccc1. The Morgan fingerprint density at radius 1 is 0.968 bits per heavy atom. The van der Waals surface area contributed by atoms with Gasteiger partial charge < -0.3 is 15.2 Å². The fraction of sp³-hybridized carbons (Fsp3) is 0.731. The first-order chi connectivity index (χ1) is 15.2. The third kappa shape index (κ3) is 15.8. The van der Waals surface area contributed by atoms with Crippen LogP contribution in [0.1, 0.15) is 90.0 Å². The van der Waals surface area contributed by atoms with Gasteiger partial charge in [0.2, 0.25) is 0 Å². The van der Waals surface area contributed by atoms with E-state index in [2.05, 4.69) is 47.9 Å². The molecule has 2 atom stereocenters. The number of hydrogen-bond acceptors (Lipinski definition) is 4. The van der Waals surface area contributed by atoms with E-state index in [1.165, 1.54) is 76.2 Å². The number of carbonyl (C=O) groups excluding carboxylic acids is 1. The number of hydrogen-bond donors (Lipinski definition) is 3. The lowest BCUT2D eigenvalue weighted by molar-refractivity contribution is 0.115. The molecule has 5 nitrogen and oxygen atoms in total. The number of nitrogens with one attached hydrogen (secondary N) is 2. The Kier molecular flexibility index (Phi) is 16.9. The lowest BCUT2D eigenvalue weighted by Gasteiger charge is -2.22. The van der Waals surface area contributed by atoms with Crippen molar-refractivity contribution in [3.05, 3.63) is 35.9 Å². The molecule has 0 saturated heterocycles. The molecule has 0 heterocycles. The molecular formula is C26H46N2O3. The summed E-state index contributed by atoms with van der Waals surface area (Å²) in [7, 11) is 0. The highest BCUT2D eigenvalue weighted by atomic mass is 16.6. The van der Waals surface area contributed by atoms with E-state index in [0.29, 0.717) is 5.92 Å². The van der Waals surface area contributed by atoms with E-state index in [-0.39, 0.29) is 19.4 Å². The van der Waals surface area contributed by atoms with Crippen LogP contribution >= 0.6 is 0 Å². The minimum absolute atomic E-state index is 0.0218. The van der Waals surface area contributed by atoms with Crippen molar-refractivity contribution in [1.82, 2.24) is 10.6 Å². The van der Waals surface area contributed by atoms with Crippen molar-refractivity contribution < 1.29 is 14.6 Å². The summed E-state index contributed by atoms with van der Waals surface area (Å²) in [4.78, 5) is 11.6. The number of rotatable bonds is 19. The van der Waals surface area contributed by atoms with Crippen molar-refractivity contribution in [2.75, 3.05) is 19.8 Å². The van der Waals surface area contributed by atoms with Gasteiger partial charge in [-0.3, -0.25) is 5.32 Å². The summed E-state index contributed by atoms with van der Waals surface area (Å²) in [5.41, 5.74) is 1.37. The predicted octanol–water partition coefficient (Wildman–Crippen LogP) is 5.81. The van der Waals surface area contributed by atoms with Crippen molar-refractivity contribution in [1.29, 1.82) is 0 Å². The van der Waals surface area contributed by atoms with E-state index in [1.54, 1.807) is 0 Å². The van der Waals surface area contributed by atoms with Crippen LogP contribution in [0.25, 0.3) is 0 Å². The Hall–Kier alpha value is -1.59. The van der Waals surface area contributed by atoms with E-state index < -0.39 is 6.09 Å².